The van der Waals surface area contributed by atoms with Crippen molar-refractivity contribution in [3.8, 4) is 11.1 Å². The molecule has 120 valence electrons. The van der Waals surface area contributed by atoms with Crippen molar-refractivity contribution in [3.05, 3.63) is 70.3 Å². The van der Waals surface area contributed by atoms with Gasteiger partial charge in [0.15, 0.2) is 0 Å². The molecule has 23 heavy (non-hydrogen) atoms. The van der Waals surface area contributed by atoms with E-state index in [1.54, 1.807) is 0 Å². The van der Waals surface area contributed by atoms with Gasteiger partial charge in [0.05, 0.1) is 0 Å². The van der Waals surface area contributed by atoms with Crippen LogP contribution in [0.4, 0.5) is 13.2 Å². The van der Waals surface area contributed by atoms with Crippen molar-refractivity contribution in [1.82, 2.24) is 0 Å². The van der Waals surface area contributed by atoms with E-state index in [9.17, 15) is 13.2 Å². The van der Waals surface area contributed by atoms with E-state index in [-0.39, 0.29) is 12.0 Å². The Morgan fingerprint density at radius 2 is 1.39 bits per heavy atom. The molecule has 2 aromatic carbocycles. The van der Waals surface area contributed by atoms with Crippen LogP contribution in [0.25, 0.3) is 11.1 Å². The van der Waals surface area contributed by atoms with Gasteiger partial charge in [-0.15, -0.1) is 0 Å². The van der Waals surface area contributed by atoms with E-state index in [2.05, 4.69) is 0 Å². The van der Waals surface area contributed by atoms with Crippen LogP contribution in [0.15, 0.2) is 59.7 Å². The molecular weight excluding hydrogens is 321 g/mol. The summed E-state index contributed by atoms with van der Waals surface area (Å²) in [5.74, 6) is 0. The van der Waals surface area contributed by atoms with Crippen LogP contribution in [-0.2, 0) is 6.42 Å². The number of alkyl halides is 3. The molecule has 0 spiro atoms. The SMILES string of the molecule is FC(F)(F)C1=C(Cc2ccc(-c3ccc(Cl)cc3)cc2)CCC1. The molecule has 4 heteroatoms. The van der Waals surface area contributed by atoms with Crippen molar-refractivity contribution >= 4 is 11.6 Å². The van der Waals surface area contributed by atoms with E-state index >= 15 is 0 Å². The molecule has 2 aromatic rings. The molecule has 0 saturated carbocycles. The molecule has 0 unspecified atom stereocenters. The molecular formula is C19H16ClF3. The summed E-state index contributed by atoms with van der Waals surface area (Å²) in [5, 5.41) is 0.679. The third-order valence-corrected chi connectivity index (χ3v) is 4.48. The minimum Gasteiger partial charge on any atom is -0.166 e. The molecule has 1 aliphatic rings. The van der Waals surface area contributed by atoms with Gasteiger partial charge in [0.1, 0.15) is 0 Å². The van der Waals surface area contributed by atoms with E-state index < -0.39 is 6.18 Å². The van der Waals surface area contributed by atoms with Crippen LogP contribution in [0.1, 0.15) is 24.8 Å². The Balaban J connectivity index is 1.79. The molecule has 0 nitrogen and oxygen atoms in total. The van der Waals surface area contributed by atoms with Crippen LogP contribution >= 0.6 is 11.6 Å². The third-order valence-electron chi connectivity index (χ3n) is 4.22. The standard InChI is InChI=1S/C19H16ClF3/c20-17-10-8-15(9-11-17)14-6-4-13(5-7-14)12-16-2-1-3-18(16)19(21,22)23/h4-11H,1-3,12H2. The van der Waals surface area contributed by atoms with Gasteiger partial charge in [0.25, 0.3) is 0 Å². The van der Waals surface area contributed by atoms with Gasteiger partial charge in [0.2, 0.25) is 0 Å². The van der Waals surface area contributed by atoms with E-state index in [1.165, 1.54) is 0 Å². The maximum absolute atomic E-state index is 13.0. The molecule has 0 heterocycles. The van der Waals surface area contributed by atoms with Crippen LogP contribution in [0.5, 0.6) is 0 Å². The van der Waals surface area contributed by atoms with Crippen molar-refractivity contribution in [2.24, 2.45) is 0 Å². The second-order valence-corrected chi connectivity index (χ2v) is 6.25. The van der Waals surface area contributed by atoms with Crippen LogP contribution < -0.4 is 0 Å². The fraction of sp³-hybridized carbons (Fsp3) is 0.263. The van der Waals surface area contributed by atoms with E-state index in [4.69, 9.17) is 11.6 Å². The van der Waals surface area contributed by atoms with Crippen LogP contribution in [-0.4, -0.2) is 6.18 Å². The van der Waals surface area contributed by atoms with Crippen molar-refractivity contribution in [1.29, 1.82) is 0 Å². The van der Waals surface area contributed by atoms with E-state index in [0.29, 0.717) is 29.9 Å². The first-order chi connectivity index (χ1) is 10.9. The molecule has 0 saturated heterocycles. The maximum Gasteiger partial charge on any atom is 0.412 e. The van der Waals surface area contributed by atoms with Crippen LogP contribution in [0.2, 0.25) is 5.02 Å². The summed E-state index contributed by atoms with van der Waals surface area (Å²) in [5.41, 5.74) is 3.20. The monoisotopic (exact) mass is 336 g/mol. The lowest BCUT2D eigenvalue weighted by atomic mass is 9.98. The lowest BCUT2D eigenvalue weighted by Crippen LogP contribution is -2.12. The van der Waals surface area contributed by atoms with Crippen molar-refractivity contribution < 1.29 is 13.2 Å². The number of rotatable bonds is 3. The largest absolute Gasteiger partial charge is 0.412 e. The summed E-state index contributed by atoms with van der Waals surface area (Å²) in [6.45, 7) is 0. The average molecular weight is 337 g/mol. The maximum atomic E-state index is 13.0. The highest BCUT2D eigenvalue weighted by Crippen LogP contribution is 2.39. The third kappa shape index (κ3) is 3.78. The second-order valence-electron chi connectivity index (χ2n) is 5.81. The highest BCUT2D eigenvalue weighted by atomic mass is 35.5. The van der Waals surface area contributed by atoms with Crippen LogP contribution in [0.3, 0.4) is 0 Å². The second kappa shape index (κ2) is 6.40. The fourth-order valence-corrected chi connectivity index (χ4v) is 3.17. The molecule has 0 bridgehead atoms. The quantitative estimate of drug-likeness (QED) is 0.554. The fourth-order valence-electron chi connectivity index (χ4n) is 3.05. The molecule has 0 fully saturated rings. The Morgan fingerprint density at radius 3 is 1.96 bits per heavy atom. The predicted molar refractivity (Wildman–Crippen MR) is 87.5 cm³/mol. The molecule has 0 radical (unpaired) electrons. The van der Waals surface area contributed by atoms with Crippen molar-refractivity contribution in [2.75, 3.05) is 0 Å². The number of halogens is 4. The van der Waals surface area contributed by atoms with Crippen molar-refractivity contribution in [2.45, 2.75) is 31.9 Å². The lowest BCUT2D eigenvalue weighted by Gasteiger charge is -2.11. The number of hydrogen-bond acceptors (Lipinski definition) is 0. The van der Waals surface area contributed by atoms with Gasteiger partial charge < -0.3 is 0 Å². The Kier molecular flexibility index (Phi) is 4.49. The van der Waals surface area contributed by atoms with Gasteiger partial charge in [-0.25, -0.2) is 0 Å². The Hall–Kier alpha value is -1.74. The predicted octanol–water partition coefficient (Wildman–Crippen LogP) is 6.59. The zero-order valence-electron chi connectivity index (χ0n) is 12.5. The summed E-state index contributed by atoms with van der Waals surface area (Å²) in [6.07, 6.45) is -2.49. The first-order valence-electron chi connectivity index (χ1n) is 7.56. The first kappa shape index (κ1) is 16.1. The average Bonchev–Trinajstić information content (AvgIpc) is 2.97. The zero-order valence-corrected chi connectivity index (χ0v) is 13.2. The summed E-state index contributed by atoms with van der Waals surface area (Å²) in [6, 6.07) is 15.2. The van der Waals surface area contributed by atoms with Gasteiger partial charge in [-0.1, -0.05) is 53.6 Å². The molecule has 0 aliphatic heterocycles. The lowest BCUT2D eigenvalue weighted by molar-refractivity contribution is -0.0937. The van der Waals surface area contributed by atoms with Gasteiger partial charge in [-0.2, -0.15) is 13.2 Å². The van der Waals surface area contributed by atoms with Crippen molar-refractivity contribution in [3.63, 3.8) is 0 Å². The molecule has 0 aromatic heterocycles. The highest BCUT2D eigenvalue weighted by Gasteiger charge is 2.37. The summed E-state index contributed by atoms with van der Waals surface area (Å²) >= 11 is 5.87. The first-order valence-corrected chi connectivity index (χ1v) is 7.94. The highest BCUT2D eigenvalue weighted by molar-refractivity contribution is 6.30. The number of hydrogen-bond donors (Lipinski definition) is 0. The molecule has 0 atom stereocenters. The minimum atomic E-state index is -4.19. The summed E-state index contributed by atoms with van der Waals surface area (Å²) < 4.78 is 38.9. The molecule has 1 aliphatic carbocycles. The van der Waals surface area contributed by atoms with E-state index in [1.807, 2.05) is 48.5 Å². The van der Waals surface area contributed by atoms with Gasteiger partial charge in [-0.3, -0.25) is 0 Å². The summed E-state index contributed by atoms with van der Waals surface area (Å²) in [7, 11) is 0. The normalized spacial score (nSPS) is 15.3. The smallest absolute Gasteiger partial charge is 0.166 e. The Labute approximate surface area is 138 Å². The van der Waals surface area contributed by atoms with Crippen LogP contribution in [0, 0.1) is 0 Å². The van der Waals surface area contributed by atoms with Gasteiger partial charge in [-0.05, 0) is 54.5 Å². The molecule has 0 amide bonds. The number of allylic oxidation sites excluding steroid dienone is 2. The number of benzene rings is 2. The van der Waals surface area contributed by atoms with Gasteiger partial charge >= 0.3 is 6.18 Å². The minimum absolute atomic E-state index is 0.154. The Bertz CT molecular complexity index is 710. The van der Waals surface area contributed by atoms with Gasteiger partial charge in [0, 0.05) is 10.6 Å². The van der Waals surface area contributed by atoms with E-state index in [0.717, 1.165) is 16.7 Å². The molecule has 3 rings (SSSR count). The summed E-state index contributed by atoms with van der Waals surface area (Å²) in [4.78, 5) is 0. The molecule has 0 N–H and O–H groups in total. The zero-order chi connectivity index (χ0) is 16.4. The topological polar surface area (TPSA) is 0 Å². The Morgan fingerprint density at radius 1 is 0.826 bits per heavy atom.